The van der Waals surface area contributed by atoms with E-state index in [-0.39, 0.29) is 6.04 Å². The Labute approximate surface area is 171 Å². The van der Waals surface area contributed by atoms with E-state index in [0.29, 0.717) is 11.1 Å². The number of nitrogens with zero attached hydrogens (tertiary/aromatic N) is 1. The van der Waals surface area contributed by atoms with Gasteiger partial charge in [-0.15, -0.1) is 22.7 Å². The third-order valence-corrected chi connectivity index (χ3v) is 7.93. The summed E-state index contributed by atoms with van der Waals surface area (Å²) < 4.78 is 1.07. The third-order valence-electron chi connectivity index (χ3n) is 5.02. The lowest BCUT2D eigenvalue weighted by molar-refractivity contribution is 0.512. The van der Waals surface area contributed by atoms with Gasteiger partial charge in [0, 0.05) is 34.3 Å². The topological polar surface area (TPSA) is 50.9 Å². The van der Waals surface area contributed by atoms with Crippen molar-refractivity contribution < 1.29 is 0 Å². The number of nitrogens with two attached hydrogens (primary N) is 1. The van der Waals surface area contributed by atoms with Crippen molar-refractivity contribution in [2.24, 2.45) is 5.73 Å². The van der Waals surface area contributed by atoms with Crippen LogP contribution in [0, 0.1) is 0 Å². The van der Waals surface area contributed by atoms with Crippen LogP contribution in [0.2, 0.25) is 10.2 Å². The average molecular weight is 426 g/mol. The van der Waals surface area contributed by atoms with Crippen LogP contribution in [0.1, 0.15) is 47.8 Å². The molecule has 4 rings (SSSR count). The molecule has 0 unspecified atom stereocenters. The van der Waals surface area contributed by atoms with Crippen LogP contribution in [0.5, 0.6) is 0 Å². The van der Waals surface area contributed by atoms with E-state index < -0.39 is 0 Å². The molecule has 1 saturated carbocycles. The Bertz CT molecular complexity index is 892. The minimum Gasteiger partial charge on any atom is -0.379 e. The largest absolute Gasteiger partial charge is 0.379 e. The van der Waals surface area contributed by atoms with Crippen molar-refractivity contribution in [2.75, 3.05) is 5.32 Å². The Morgan fingerprint density at radius 2 is 2.08 bits per heavy atom. The summed E-state index contributed by atoms with van der Waals surface area (Å²) in [7, 11) is 0. The molecule has 0 saturated heterocycles. The fraction of sp³-hybridized carbons (Fsp3) is 0.421. The molecule has 2 atom stereocenters. The van der Waals surface area contributed by atoms with Gasteiger partial charge in [-0.3, -0.25) is 0 Å². The van der Waals surface area contributed by atoms with Crippen molar-refractivity contribution in [1.82, 2.24) is 4.98 Å². The van der Waals surface area contributed by atoms with Gasteiger partial charge in [-0.2, -0.15) is 0 Å². The Morgan fingerprint density at radius 3 is 2.88 bits per heavy atom. The lowest BCUT2D eigenvalue weighted by atomic mass is 9.94. The van der Waals surface area contributed by atoms with Gasteiger partial charge in [0.05, 0.1) is 15.4 Å². The predicted octanol–water partition coefficient (Wildman–Crippen LogP) is 6.65. The van der Waals surface area contributed by atoms with E-state index in [1.165, 1.54) is 29.0 Å². The van der Waals surface area contributed by atoms with Crippen LogP contribution in [0.4, 0.5) is 5.69 Å². The maximum atomic E-state index is 6.76. The summed E-state index contributed by atoms with van der Waals surface area (Å²) in [5.41, 5.74) is 8.27. The van der Waals surface area contributed by atoms with Gasteiger partial charge in [-0.05, 0) is 24.3 Å². The zero-order chi connectivity index (χ0) is 18.1. The van der Waals surface area contributed by atoms with Crippen molar-refractivity contribution in [3.05, 3.63) is 43.5 Å². The van der Waals surface area contributed by atoms with Gasteiger partial charge in [0.2, 0.25) is 0 Å². The summed E-state index contributed by atoms with van der Waals surface area (Å²) in [6.07, 6.45) is 5.83. The fourth-order valence-corrected chi connectivity index (χ4v) is 6.28. The second-order valence-corrected chi connectivity index (χ2v) is 9.64. The summed E-state index contributed by atoms with van der Waals surface area (Å²) in [5, 5.41) is 6.78. The highest BCUT2D eigenvalue weighted by Crippen LogP contribution is 2.46. The van der Waals surface area contributed by atoms with Gasteiger partial charge >= 0.3 is 0 Å². The maximum Gasteiger partial charge on any atom is 0.131 e. The number of hydrogen-bond acceptors (Lipinski definition) is 5. The smallest absolute Gasteiger partial charge is 0.131 e. The highest BCUT2D eigenvalue weighted by atomic mass is 35.5. The first kappa shape index (κ1) is 18.5. The SMILES string of the molecule is N[C@@H]1CCCCC[C@@H]1c1sc2c(NCc3cccs3)cc(Cl)nc2c1Cl. The third kappa shape index (κ3) is 3.73. The standard InChI is InChI=1S/C19H21Cl2N3S2/c20-15-9-14(23-10-11-5-4-8-25-11)19-17(24-15)16(21)18(26-19)12-6-2-1-3-7-13(12)22/h4-5,8-9,12-13H,1-3,6-7,10,22H2,(H,23,24)/t12-,13+/m0/s1. The minimum absolute atomic E-state index is 0.168. The Morgan fingerprint density at radius 1 is 1.23 bits per heavy atom. The molecule has 26 heavy (non-hydrogen) atoms. The number of halogens is 2. The highest BCUT2D eigenvalue weighted by Gasteiger charge is 2.28. The summed E-state index contributed by atoms with van der Waals surface area (Å²) in [5.74, 6) is 0.313. The summed E-state index contributed by atoms with van der Waals surface area (Å²) >= 11 is 16.5. The average Bonchev–Trinajstić information content (AvgIpc) is 3.19. The maximum absolute atomic E-state index is 6.76. The first-order valence-corrected chi connectivity index (χ1v) is 11.4. The predicted molar refractivity (Wildman–Crippen MR) is 115 cm³/mol. The van der Waals surface area contributed by atoms with E-state index in [9.17, 15) is 0 Å². The quantitative estimate of drug-likeness (QED) is 0.363. The fourth-order valence-electron chi connectivity index (χ4n) is 3.65. The summed E-state index contributed by atoms with van der Waals surface area (Å²) in [4.78, 5) is 6.96. The van der Waals surface area contributed by atoms with Crippen LogP contribution in [0.25, 0.3) is 10.2 Å². The van der Waals surface area contributed by atoms with E-state index >= 15 is 0 Å². The summed E-state index contributed by atoms with van der Waals surface area (Å²) in [6.45, 7) is 0.765. The summed E-state index contributed by atoms with van der Waals surface area (Å²) in [6, 6.07) is 6.24. The highest BCUT2D eigenvalue weighted by molar-refractivity contribution is 7.20. The van der Waals surface area contributed by atoms with Crippen molar-refractivity contribution in [3.8, 4) is 0 Å². The molecule has 3 heterocycles. The van der Waals surface area contributed by atoms with Crippen LogP contribution in [-0.4, -0.2) is 11.0 Å². The first-order valence-electron chi connectivity index (χ1n) is 8.93. The number of hydrogen-bond donors (Lipinski definition) is 2. The lowest BCUT2D eigenvalue weighted by Crippen LogP contribution is -2.26. The normalized spacial score (nSPS) is 21.0. The molecular formula is C19H21Cl2N3S2. The van der Waals surface area contributed by atoms with E-state index in [1.807, 2.05) is 6.07 Å². The molecule has 1 fully saturated rings. The molecule has 3 aromatic rings. The second kappa shape index (κ2) is 8.03. The van der Waals surface area contributed by atoms with E-state index in [0.717, 1.165) is 40.3 Å². The molecule has 3 N–H and O–H groups in total. The molecule has 0 amide bonds. The van der Waals surface area contributed by atoms with Crippen LogP contribution in [-0.2, 0) is 6.54 Å². The van der Waals surface area contributed by atoms with Gasteiger partial charge in [0.1, 0.15) is 10.7 Å². The molecule has 1 aliphatic carbocycles. The van der Waals surface area contributed by atoms with E-state index in [1.54, 1.807) is 22.7 Å². The molecule has 7 heteroatoms. The van der Waals surface area contributed by atoms with Gasteiger partial charge in [0.25, 0.3) is 0 Å². The van der Waals surface area contributed by atoms with E-state index in [4.69, 9.17) is 28.9 Å². The lowest BCUT2D eigenvalue weighted by Gasteiger charge is -2.20. The number of anilines is 1. The number of fused-ring (bicyclic) bond motifs is 1. The van der Waals surface area contributed by atoms with Crippen LogP contribution >= 0.6 is 45.9 Å². The number of rotatable bonds is 4. The van der Waals surface area contributed by atoms with Gasteiger partial charge in [-0.25, -0.2) is 4.98 Å². The van der Waals surface area contributed by atoms with Gasteiger partial charge < -0.3 is 11.1 Å². The van der Waals surface area contributed by atoms with Gasteiger partial charge in [0.15, 0.2) is 0 Å². The molecule has 138 valence electrons. The van der Waals surface area contributed by atoms with E-state index in [2.05, 4.69) is 27.8 Å². The zero-order valence-electron chi connectivity index (χ0n) is 14.3. The molecule has 0 bridgehead atoms. The van der Waals surface area contributed by atoms with Crippen molar-refractivity contribution in [1.29, 1.82) is 0 Å². The second-order valence-electron chi connectivity index (χ2n) is 6.79. The monoisotopic (exact) mass is 425 g/mol. The van der Waals surface area contributed by atoms with Crippen LogP contribution in [0.3, 0.4) is 0 Å². The number of thiophene rings is 2. The molecular weight excluding hydrogens is 405 g/mol. The number of nitrogens with one attached hydrogen (secondary N) is 1. The number of aromatic nitrogens is 1. The van der Waals surface area contributed by atoms with Crippen LogP contribution in [0.15, 0.2) is 23.6 Å². The van der Waals surface area contributed by atoms with Crippen LogP contribution < -0.4 is 11.1 Å². The zero-order valence-corrected chi connectivity index (χ0v) is 17.4. The Balaban J connectivity index is 1.72. The Kier molecular flexibility index (Phi) is 5.72. The molecule has 3 nitrogen and oxygen atoms in total. The number of pyridine rings is 1. The van der Waals surface area contributed by atoms with Gasteiger partial charge in [-0.1, -0.05) is 48.5 Å². The molecule has 0 aromatic carbocycles. The van der Waals surface area contributed by atoms with Crippen molar-refractivity contribution in [3.63, 3.8) is 0 Å². The van der Waals surface area contributed by atoms with Crippen molar-refractivity contribution >= 4 is 61.8 Å². The minimum atomic E-state index is 0.168. The molecule has 1 aliphatic rings. The van der Waals surface area contributed by atoms with Crippen molar-refractivity contribution in [2.45, 2.75) is 50.6 Å². The molecule has 0 aliphatic heterocycles. The first-order chi connectivity index (χ1) is 12.6. The molecule has 3 aromatic heterocycles. The molecule has 0 radical (unpaired) electrons. The Hall–Kier alpha value is -0.850. The molecule has 0 spiro atoms.